The van der Waals surface area contributed by atoms with Gasteiger partial charge in [0.25, 0.3) is 5.91 Å². The second-order valence-electron chi connectivity index (χ2n) is 5.93. The maximum atomic E-state index is 12.4. The van der Waals surface area contributed by atoms with E-state index in [1.807, 2.05) is 0 Å². The monoisotopic (exact) mass is 431 g/mol. The van der Waals surface area contributed by atoms with Crippen molar-refractivity contribution in [3.63, 3.8) is 0 Å². The lowest BCUT2D eigenvalue weighted by Gasteiger charge is -2.12. The largest absolute Gasteiger partial charge is 0.497 e. The molecule has 0 radical (unpaired) electrons. The van der Waals surface area contributed by atoms with Gasteiger partial charge in [-0.1, -0.05) is 0 Å². The number of anilines is 1. The third kappa shape index (κ3) is 5.72. The minimum Gasteiger partial charge on any atom is -0.497 e. The van der Waals surface area contributed by atoms with Crippen molar-refractivity contribution in [2.45, 2.75) is 0 Å². The van der Waals surface area contributed by atoms with Crippen LogP contribution in [0.5, 0.6) is 11.5 Å². The summed E-state index contributed by atoms with van der Waals surface area (Å²) < 4.78 is 24.5. The van der Waals surface area contributed by atoms with Crippen molar-refractivity contribution in [2.75, 3.05) is 40.4 Å². The lowest BCUT2D eigenvalue weighted by atomic mass is 10.1. The number of hydrogen-bond acceptors (Lipinski definition) is 9. The van der Waals surface area contributed by atoms with E-state index < -0.39 is 30.4 Å². The van der Waals surface area contributed by atoms with Crippen LogP contribution in [0.1, 0.15) is 31.1 Å². The molecule has 2 aromatic rings. The van der Waals surface area contributed by atoms with Crippen molar-refractivity contribution < 1.29 is 42.9 Å². The first kappa shape index (κ1) is 23.2. The van der Waals surface area contributed by atoms with Gasteiger partial charge in [-0.25, -0.2) is 14.4 Å². The first-order chi connectivity index (χ1) is 14.8. The average molecular weight is 431 g/mol. The van der Waals surface area contributed by atoms with Crippen molar-refractivity contribution in [1.82, 2.24) is 0 Å². The Morgan fingerprint density at radius 1 is 0.774 bits per heavy atom. The molecule has 0 spiro atoms. The molecule has 0 aliphatic rings. The highest BCUT2D eigenvalue weighted by Crippen LogP contribution is 2.25. The second kappa shape index (κ2) is 10.6. The summed E-state index contributed by atoms with van der Waals surface area (Å²) in [6.07, 6.45) is 0. The summed E-state index contributed by atoms with van der Waals surface area (Å²) in [5.74, 6) is -2.32. The summed E-state index contributed by atoms with van der Waals surface area (Å²) in [6, 6.07) is 8.45. The molecule has 0 aliphatic carbocycles. The van der Waals surface area contributed by atoms with Crippen LogP contribution in [0.2, 0.25) is 0 Å². The molecule has 1 amide bonds. The molecular weight excluding hydrogens is 410 g/mol. The Bertz CT molecular complexity index is 1000. The number of ether oxygens (including phenoxy) is 5. The Balaban J connectivity index is 2.16. The van der Waals surface area contributed by atoms with Crippen LogP contribution in [0.25, 0.3) is 0 Å². The zero-order valence-electron chi connectivity index (χ0n) is 17.3. The van der Waals surface area contributed by atoms with Crippen molar-refractivity contribution in [3.05, 3.63) is 53.1 Å². The van der Waals surface area contributed by atoms with Gasteiger partial charge in [-0.3, -0.25) is 4.79 Å². The quantitative estimate of drug-likeness (QED) is 0.494. The molecule has 0 saturated heterocycles. The van der Waals surface area contributed by atoms with Crippen LogP contribution < -0.4 is 14.8 Å². The van der Waals surface area contributed by atoms with Gasteiger partial charge in [-0.15, -0.1) is 0 Å². The Kier molecular flexibility index (Phi) is 7.95. The molecule has 0 heterocycles. The van der Waals surface area contributed by atoms with Crippen molar-refractivity contribution in [2.24, 2.45) is 0 Å². The standard InChI is InChI=1S/C21H21NO9/c1-27-13-6-8-17(28-2)15(10-13)21(26)31-11-18(23)22-16-9-12(19(24)29-3)5-7-14(16)20(25)30-4/h5-10H,11H2,1-4H3,(H,22,23). The SMILES string of the molecule is COC(=O)c1ccc(C(=O)OC)c(NC(=O)COC(=O)c2cc(OC)ccc2OC)c1. The van der Waals surface area contributed by atoms with Crippen LogP contribution in [0.15, 0.2) is 36.4 Å². The first-order valence-electron chi connectivity index (χ1n) is 8.84. The fourth-order valence-corrected chi connectivity index (χ4v) is 2.55. The molecule has 2 rings (SSSR count). The van der Waals surface area contributed by atoms with E-state index in [2.05, 4.69) is 14.8 Å². The van der Waals surface area contributed by atoms with E-state index in [0.717, 1.165) is 0 Å². The molecule has 0 atom stereocenters. The number of esters is 3. The summed E-state index contributed by atoms with van der Waals surface area (Å²) in [5.41, 5.74) is 0.167. The van der Waals surface area contributed by atoms with E-state index in [4.69, 9.17) is 14.2 Å². The lowest BCUT2D eigenvalue weighted by Crippen LogP contribution is -2.23. The fraction of sp³-hybridized carbons (Fsp3) is 0.238. The molecule has 0 unspecified atom stereocenters. The minimum atomic E-state index is -0.817. The van der Waals surface area contributed by atoms with Gasteiger partial charge in [0.15, 0.2) is 6.61 Å². The number of rotatable bonds is 8. The van der Waals surface area contributed by atoms with Crippen LogP contribution in [0, 0.1) is 0 Å². The average Bonchev–Trinajstić information content (AvgIpc) is 2.80. The summed E-state index contributed by atoms with van der Waals surface area (Å²) in [5, 5.41) is 2.42. The van der Waals surface area contributed by atoms with Gasteiger partial charge in [-0.2, -0.15) is 0 Å². The van der Waals surface area contributed by atoms with E-state index in [-0.39, 0.29) is 28.1 Å². The molecule has 10 nitrogen and oxygen atoms in total. The van der Waals surface area contributed by atoms with Crippen LogP contribution in [0.3, 0.4) is 0 Å². The first-order valence-corrected chi connectivity index (χ1v) is 8.84. The smallest absolute Gasteiger partial charge is 0.342 e. The predicted octanol–water partition coefficient (Wildman–Crippen LogP) is 2.07. The molecule has 0 fully saturated rings. The third-order valence-corrected chi connectivity index (χ3v) is 4.08. The van der Waals surface area contributed by atoms with Crippen LogP contribution >= 0.6 is 0 Å². The molecule has 0 bridgehead atoms. The third-order valence-electron chi connectivity index (χ3n) is 4.08. The maximum Gasteiger partial charge on any atom is 0.342 e. The summed E-state index contributed by atoms with van der Waals surface area (Å²) in [4.78, 5) is 48.4. The fourth-order valence-electron chi connectivity index (χ4n) is 2.55. The molecule has 0 aromatic heterocycles. The van der Waals surface area contributed by atoms with Gasteiger partial charge in [0.2, 0.25) is 0 Å². The summed E-state index contributed by atoms with van der Waals surface area (Å²) >= 11 is 0. The Labute approximate surface area is 178 Å². The Hall–Kier alpha value is -4.08. The van der Waals surface area contributed by atoms with E-state index in [1.165, 1.54) is 58.8 Å². The lowest BCUT2D eigenvalue weighted by molar-refractivity contribution is -0.119. The number of hydrogen-bond donors (Lipinski definition) is 1. The van der Waals surface area contributed by atoms with Gasteiger partial charge in [0.05, 0.1) is 45.3 Å². The second-order valence-corrected chi connectivity index (χ2v) is 5.93. The van der Waals surface area contributed by atoms with Crippen molar-refractivity contribution >= 4 is 29.5 Å². The molecule has 1 N–H and O–H groups in total. The van der Waals surface area contributed by atoms with Gasteiger partial charge in [-0.05, 0) is 36.4 Å². The van der Waals surface area contributed by atoms with E-state index in [0.29, 0.717) is 5.75 Å². The molecule has 0 aliphatic heterocycles. The maximum absolute atomic E-state index is 12.4. The Morgan fingerprint density at radius 2 is 1.48 bits per heavy atom. The summed E-state index contributed by atoms with van der Waals surface area (Å²) in [6.45, 7) is -0.664. The van der Waals surface area contributed by atoms with Crippen LogP contribution in [-0.2, 0) is 19.0 Å². The van der Waals surface area contributed by atoms with Gasteiger partial charge in [0.1, 0.15) is 17.1 Å². The normalized spacial score (nSPS) is 9.94. The molecule has 10 heteroatoms. The van der Waals surface area contributed by atoms with E-state index in [1.54, 1.807) is 6.07 Å². The number of methoxy groups -OCH3 is 4. The van der Waals surface area contributed by atoms with Crippen molar-refractivity contribution in [3.8, 4) is 11.5 Å². The van der Waals surface area contributed by atoms with E-state index in [9.17, 15) is 19.2 Å². The zero-order valence-corrected chi connectivity index (χ0v) is 17.3. The van der Waals surface area contributed by atoms with Crippen molar-refractivity contribution in [1.29, 1.82) is 0 Å². The molecule has 2 aromatic carbocycles. The molecule has 164 valence electrons. The highest BCUT2D eigenvalue weighted by atomic mass is 16.5. The minimum absolute atomic E-state index is 0.00398. The number of amides is 1. The van der Waals surface area contributed by atoms with Crippen LogP contribution in [0.4, 0.5) is 5.69 Å². The molecule has 0 saturated carbocycles. The molecule has 31 heavy (non-hydrogen) atoms. The van der Waals surface area contributed by atoms with Gasteiger partial charge >= 0.3 is 17.9 Å². The van der Waals surface area contributed by atoms with Gasteiger partial charge in [0, 0.05) is 0 Å². The Morgan fingerprint density at radius 3 is 2.10 bits per heavy atom. The number of carbonyl (C=O) groups is 4. The number of benzene rings is 2. The van der Waals surface area contributed by atoms with E-state index >= 15 is 0 Å². The topological polar surface area (TPSA) is 126 Å². The van der Waals surface area contributed by atoms with Gasteiger partial charge < -0.3 is 29.0 Å². The highest BCUT2D eigenvalue weighted by Gasteiger charge is 2.20. The van der Waals surface area contributed by atoms with Crippen LogP contribution in [-0.4, -0.2) is 58.9 Å². The molecular formula is C21H21NO9. The zero-order chi connectivity index (χ0) is 23.0. The highest BCUT2D eigenvalue weighted by molar-refractivity contribution is 6.04. The predicted molar refractivity (Wildman–Crippen MR) is 108 cm³/mol. The number of nitrogens with one attached hydrogen (secondary N) is 1. The summed E-state index contributed by atoms with van der Waals surface area (Å²) in [7, 11) is 5.19. The number of carbonyl (C=O) groups excluding carboxylic acids is 4.